The number of hydrogen-bond acceptors (Lipinski definition) is 5. The number of ether oxygens (including phenoxy) is 1. The van der Waals surface area contributed by atoms with Gasteiger partial charge in [0.15, 0.2) is 0 Å². The van der Waals surface area contributed by atoms with Crippen molar-refractivity contribution in [1.29, 1.82) is 0 Å². The molecule has 2 heterocycles. The highest BCUT2D eigenvalue weighted by atomic mass is 32.2. The van der Waals surface area contributed by atoms with Crippen LogP contribution in [0.1, 0.15) is 67.3 Å². The van der Waals surface area contributed by atoms with Crippen molar-refractivity contribution in [3.05, 3.63) is 29.3 Å². The first-order valence-corrected chi connectivity index (χ1v) is 11.7. The molecule has 1 saturated carbocycles. The number of fused-ring (bicyclic) bond motifs is 1. The van der Waals surface area contributed by atoms with Gasteiger partial charge in [-0.1, -0.05) is 31.4 Å². The van der Waals surface area contributed by atoms with Gasteiger partial charge in [-0.25, -0.2) is 18.2 Å². The Morgan fingerprint density at radius 1 is 1.14 bits per heavy atom. The number of carbonyl (C=O) groups is 1. The second kappa shape index (κ2) is 7.65. The molecular formula is C20H28N2O5S. The lowest BCUT2D eigenvalue weighted by Gasteiger charge is -2.45. The molecule has 1 aliphatic carbocycles. The Balaban J connectivity index is 1.49. The minimum atomic E-state index is -3.25. The van der Waals surface area contributed by atoms with Gasteiger partial charge < -0.3 is 4.74 Å². The Morgan fingerprint density at radius 2 is 1.86 bits per heavy atom. The molecule has 1 saturated heterocycles. The van der Waals surface area contributed by atoms with Crippen LogP contribution in [0, 0.1) is 0 Å². The number of para-hydroxylation sites is 1. The number of piperidine rings is 1. The number of rotatable bonds is 3. The average Bonchev–Trinajstić information content (AvgIpc) is 2.74. The largest absolute Gasteiger partial charge is 0.486 e. The summed E-state index contributed by atoms with van der Waals surface area (Å²) in [7, 11) is -3.25. The highest BCUT2D eigenvalue weighted by Gasteiger charge is 2.44. The molecule has 3 aliphatic rings. The molecule has 1 amide bonds. The van der Waals surface area contributed by atoms with E-state index in [0.29, 0.717) is 37.2 Å². The third-order valence-corrected chi connectivity index (χ3v) is 8.98. The fourth-order valence-corrected chi connectivity index (χ4v) is 6.89. The van der Waals surface area contributed by atoms with E-state index in [1.165, 1.54) is 0 Å². The molecule has 1 spiro atoms. The molecule has 0 atom stereocenters. The van der Waals surface area contributed by atoms with E-state index in [9.17, 15) is 13.2 Å². The van der Waals surface area contributed by atoms with Crippen molar-refractivity contribution in [2.45, 2.75) is 68.6 Å². The maximum atomic E-state index is 13.0. The van der Waals surface area contributed by atoms with Crippen molar-refractivity contribution in [3.63, 3.8) is 0 Å². The molecule has 0 aromatic heterocycles. The molecule has 0 unspecified atom stereocenters. The highest BCUT2D eigenvalue weighted by molar-refractivity contribution is 7.89. The fourth-order valence-electron chi connectivity index (χ4n) is 4.85. The SMILES string of the molecule is O=C(NO)c1cccc2c1OC1(CC2)CCN(S(=O)(=O)C2CCCCC2)CC1. The van der Waals surface area contributed by atoms with Crippen LogP contribution in [-0.4, -0.2) is 47.8 Å². The summed E-state index contributed by atoms with van der Waals surface area (Å²) in [4.78, 5) is 12.0. The van der Waals surface area contributed by atoms with Gasteiger partial charge in [0, 0.05) is 25.9 Å². The molecule has 1 aromatic carbocycles. The number of aryl methyl sites for hydroxylation is 1. The summed E-state index contributed by atoms with van der Waals surface area (Å²) in [5.41, 5.74) is 2.50. The normalized spacial score (nSPS) is 23.0. The van der Waals surface area contributed by atoms with Gasteiger partial charge in [0.1, 0.15) is 11.4 Å². The summed E-state index contributed by atoms with van der Waals surface area (Å²) in [6.07, 6.45) is 7.49. The van der Waals surface area contributed by atoms with Gasteiger partial charge in [-0.05, 0) is 37.3 Å². The molecule has 1 aromatic rings. The van der Waals surface area contributed by atoms with Crippen LogP contribution in [0.4, 0.5) is 0 Å². The fraction of sp³-hybridized carbons (Fsp3) is 0.650. The topological polar surface area (TPSA) is 95.9 Å². The predicted octanol–water partition coefficient (Wildman–Crippen LogP) is 2.63. The first kappa shape index (κ1) is 19.7. The molecule has 0 radical (unpaired) electrons. The first-order chi connectivity index (χ1) is 13.5. The van der Waals surface area contributed by atoms with Gasteiger partial charge in [0.2, 0.25) is 10.0 Å². The van der Waals surface area contributed by atoms with Crippen molar-refractivity contribution >= 4 is 15.9 Å². The Hall–Kier alpha value is -1.64. The van der Waals surface area contributed by atoms with Crippen LogP contribution >= 0.6 is 0 Å². The first-order valence-electron chi connectivity index (χ1n) is 10.2. The zero-order valence-corrected chi connectivity index (χ0v) is 16.8. The number of sulfonamides is 1. The van der Waals surface area contributed by atoms with Crippen LogP contribution in [0.2, 0.25) is 0 Å². The third-order valence-electron chi connectivity index (χ3n) is 6.58. The van der Waals surface area contributed by atoms with Crippen LogP contribution in [0.3, 0.4) is 0 Å². The summed E-state index contributed by atoms with van der Waals surface area (Å²) in [6.45, 7) is 0.922. The molecule has 4 rings (SSSR count). The number of amides is 1. The lowest BCUT2D eigenvalue weighted by Crippen LogP contribution is -2.53. The van der Waals surface area contributed by atoms with Gasteiger partial charge in [-0.15, -0.1) is 0 Å². The number of benzene rings is 1. The third kappa shape index (κ3) is 3.53. The maximum Gasteiger partial charge on any atom is 0.278 e. The molecule has 7 nitrogen and oxygen atoms in total. The van der Waals surface area contributed by atoms with Gasteiger partial charge in [0.25, 0.3) is 5.91 Å². The van der Waals surface area contributed by atoms with Crippen LogP contribution in [0.5, 0.6) is 5.75 Å². The van der Waals surface area contributed by atoms with Crippen molar-refractivity contribution in [2.75, 3.05) is 13.1 Å². The summed E-state index contributed by atoms with van der Waals surface area (Å²) in [5, 5.41) is 8.78. The Kier molecular flexibility index (Phi) is 5.37. The van der Waals surface area contributed by atoms with Crippen molar-refractivity contribution in [1.82, 2.24) is 9.79 Å². The zero-order chi connectivity index (χ0) is 19.8. The monoisotopic (exact) mass is 408 g/mol. The number of nitrogens with one attached hydrogen (secondary N) is 1. The van der Waals surface area contributed by atoms with Crippen LogP contribution in [0.15, 0.2) is 18.2 Å². The predicted molar refractivity (Wildman–Crippen MR) is 104 cm³/mol. The standard InChI is InChI=1S/C20H28N2O5S/c23-19(21-24)17-8-4-5-15-9-10-20(27-18(15)17)11-13-22(14-12-20)28(25,26)16-6-2-1-3-7-16/h4-5,8,16,24H,1-3,6-7,9-14H2,(H,21,23). The van der Waals surface area contributed by atoms with E-state index in [1.807, 2.05) is 6.07 Å². The average molecular weight is 409 g/mol. The van der Waals surface area contributed by atoms with E-state index in [2.05, 4.69) is 0 Å². The minimum absolute atomic E-state index is 0.233. The lowest BCUT2D eigenvalue weighted by atomic mass is 9.83. The Bertz CT molecular complexity index is 840. The van der Waals surface area contributed by atoms with Crippen LogP contribution < -0.4 is 10.2 Å². The van der Waals surface area contributed by atoms with E-state index >= 15 is 0 Å². The van der Waals surface area contributed by atoms with Gasteiger partial charge in [0.05, 0.1) is 10.8 Å². The summed E-state index contributed by atoms with van der Waals surface area (Å²) >= 11 is 0. The molecular weight excluding hydrogens is 380 g/mol. The number of hydrogen-bond donors (Lipinski definition) is 2. The van der Waals surface area contributed by atoms with Gasteiger partial charge in [-0.3, -0.25) is 10.0 Å². The maximum absolute atomic E-state index is 13.0. The minimum Gasteiger partial charge on any atom is -0.486 e. The second-order valence-electron chi connectivity index (χ2n) is 8.22. The second-order valence-corrected chi connectivity index (χ2v) is 10.4. The van der Waals surface area contributed by atoms with E-state index in [-0.39, 0.29) is 5.25 Å². The summed E-state index contributed by atoms with van der Waals surface area (Å²) in [5.74, 6) is -0.0740. The molecule has 8 heteroatoms. The van der Waals surface area contributed by atoms with Gasteiger partial charge in [-0.2, -0.15) is 0 Å². The quantitative estimate of drug-likeness (QED) is 0.592. The smallest absolute Gasteiger partial charge is 0.278 e. The molecule has 0 bridgehead atoms. The summed E-state index contributed by atoms with van der Waals surface area (Å²) in [6, 6.07) is 5.34. The Morgan fingerprint density at radius 3 is 2.54 bits per heavy atom. The van der Waals surface area contributed by atoms with E-state index in [1.54, 1.807) is 21.9 Å². The highest BCUT2D eigenvalue weighted by Crippen LogP contribution is 2.42. The number of nitrogens with zero attached hydrogens (tertiary/aromatic N) is 1. The van der Waals surface area contributed by atoms with E-state index in [4.69, 9.17) is 9.94 Å². The number of hydroxylamine groups is 1. The van der Waals surface area contributed by atoms with E-state index < -0.39 is 21.5 Å². The summed E-state index contributed by atoms with van der Waals surface area (Å²) < 4.78 is 34.0. The zero-order valence-electron chi connectivity index (χ0n) is 16.0. The Labute approximate surface area is 166 Å². The van der Waals surface area contributed by atoms with Gasteiger partial charge >= 0.3 is 0 Å². The number of carbonyl (C=O) groups excluding carboxylic acids is 1. The molecule has 154 valence electrons. The molecule has 2 N–H and O–H groups in total. The molecule has 28 heavy (non-hydrogen) atoms. The van der Waals surface area contributed by atoms with Crippen LogP contribution in [-0.2, 0) is 16.4 Å². The van der Waals surface area contributed by atoms with Crippen molar-refractivity contribution < 1.29 is 23.2 Å². The van der Waals surface area contributed by atoms with Crippen molar-refractivity contribution in [2.24, 2.45) is 0 Å². The van der Waals surface area contributed by atoms with Crippen molar-refractivity contribution in [3.8, 4) is 5.75 Å². The van der Waals surface area contributed by atoms with E-state index in [0.717, 1.165) is 50.5 Å². The van der Waals surface area contributed by atoms with Crippen LogP contribution in [0.25, 0.3) is 0 Å². The molecule has 2 aliphatic heterocycles. The lowest BCUT2D eigenvalue weighted by molar-refractivity contribution is 0.000546. The molecule has 2 fully saturated rings.